The number of hydrogen-bond donors (Lipinski definition) is 1. The number of hydrogen-bond acceptors (Lipinski definition) is 2. The van der Waals surface area contributed by atoms with Gasteiger partial charge < -0.3 is 9.84 Å². The van der Waals surface area contributed by atoms with Gasteiger partial charge in [0.1, 0.15) is 5.75 Å². The van der Waals surface area contributed by atoms with Gasteiger partial charge in [-0.05, 0) is 24.3 Å². The van der Waals surface area contributed by atoms with Gasteiger partial charge in [-0.15, -0.1) is 0 Å². The second-order valence-electron chi connectivity index (χ2n) is 2.88. The van der Waals surface area contributed by atoms with Crippen molar-refractivity contribution in [2.24, 2.45) is 0 Å². The van der Waals surface area contributed by atoms with Crippen molar-refractivity contribution in [3.63, 3.8) is 0 Å². The monoisotopic (exact) mass is 276 g/mol. The van der Waals surface area contributed by atoms with E-state index < -0.39 is 18.7 Å². The summed E-state index contributed by atoms with van der Waals surface area (Å²) in [5.41, 5.74) is 0. The Morgan fingerprint density at radius 2 is 2.07 bits per heavy atom. The fraction of sp³-hybridized carbons (Fsp3) is 0.300. The molecule has 15 heavy (non-hydrogen) atoms. The number of carbonyl (C=O) groups is 1. The van der Waals surface area contributed by atoms with Crippen molar-refractivity contribution in [3.8, 4) is 5.75 Å². The highest BCUT2D eigenvalue weighted by Crippen LogP contribution is 2.18. The van der Waals surface area contributed by atoms with Crippen LogP contribution in [0.15, 0.2) is 28.7 Å². The van der Waals surface area contributed by atoms with Gasteiger partial charge in [0.05, 0.1) is 6.67 Å². The number of ether oxygens (including phenoxy) is 1. The smallest absolute Gasteiger partial charge is 0.344 e. The summed E-state index contributed by atoms with van der Waals surface area (Å²) in [6.07, 6.45) is -1.28. The zero-order chi connectivity index (χ0) is 11.3. The van der Waals surface area contributed by atoms with Gasteiger partial charge >= 0.3 is 5.97 Å². The molecule has 0 saturated heterocycles. The van der Waals surface area contributed by atoms with Crippen LogP contribution >= 0.6 is 15.9 Å². The molecular weight excluding hydrogens is 267 g/mol. The molecule has 0 aliphatic carbocycles. The van der Waals surface area contributed by atoms with Crippen molar-refractivity contribution in [1.29, 1.82) is 0 Å². The molecule has 0 amide bonds. The van der Waals surface area contributed by atoms with Gasteiger partial charge in [0.2, 0.25) is 0 Å². The first-order valence-corrected chi connectivity index (χ1v) is 5.14. The lowest BCUT2D eigenvalue weighted by Gasteiger charge is -2.13. The van der Waals surface area contributed by atoms with E-state index in [9.17, 15) is 9.18 Å². The van der Waals surface area contributed by atoms with Gasteiger partial charge in [0.15, 0.2) is 6.10 Å². The van der Waals surface area contributed by atoms with Crippen molar-refractivity contribution in [2.45, 2.75) is 12.5 Å². The molecule has 0 spiro atoms. The third kappa shape index (κ3) is 3.87. The molecule has 0 aromatic heterocycles. The van der Waals surface area contributed by atoms with E-state index in [4.69, 9.17) is 9.84 Å². The van der Waals surface area contributed by atoms with Crippen LogP contribution in [0.2, 0.25) is 0 Å². The Morgan fingerprint density at radius 3 is 2.53 bits per heavy atom. The van der Waals surface area contributed by atoms with Crippen molar-refractivity contribution in [2.75, 3.05) is 6.67 Å². The van der Waals surface area contributed by atoms with Crippen LogP contribution in [-0.4, -0.2) is 23.9 Å². The lowest BCUT2D eigenvalue weighted by molar-refractivity contribution is -0.145. The average molecular weight is 277 g/mol. The molecule has 82 valence electrons. The molecule has 1 atom stereocenters. The third-order valence-corrected chi connectivity index (χ3v) is 2.27. The highest BCUT2D eigenvalue weighted by atomic mass is 79.9. The van der Waals surface area contributed by atoms with Crippen LogP contribution in [0.25, 0.3) is 0 Å². The molecule has 0 bridgehead atoms. The summed E-state index contributed by atoms with van der Waals surface area (Å²) in [7, 11) is 0. The Bertz CT molecular complexity index is 326. The lowest BCUT2D eigenvalue weighted by Crippen LogP contribution is -2.27. The van der Waals surface area contributed by atoms with Gasteiger partial charge in [-0.1, -0.05) is 15.9 Å². The summed E-state index contributed by atoms with van der Waals surface area (Å²) in [4.78, 5) is 10.7. The van der Waals surface area contributed by atoms with Crippen LogP contribution in [0.4, 0.5) is 4.39 Å². The fourth-order valence-electron chi connectivity index (χ4n) is 1.01. The molecule has 5 heteroatoms. The molecule has 1 rings (SSSR count). The minimum absolute atomic E-state index is 0.147. The molecule has 1 unspecified atom stereocenters. The zero-order valence-electron chi connectivity index (χ0n) is 7.82. The molecule has 0 aliphatic heterocycles. The number of aliphatic carboxylic acids is 1. The van der Waals surface area contributed by atoms with E-state index >= 15 is 0 Å². The highest BCUT2D eigenvalue weighted by Gasteiger charge is 2.18. The summed E-state index contributed by atoms with van der Waals surface area (Å²) in [6, 6.07) is 6.70. The molecule has 0 heterocycles. The number of benzene rings is 1. The predicted octanol–water partition coefficient (Wildman–Crippen LogP) is 2.64. The van der Waals surface area contributed by atoms with Crippen molar-refractivity contribution in [1.82, 2.24) is 0 Å². The van der Waals surface area contributed by atoms with Gasteiger partial charge in [-0.2, -0.15) is 0 Å². The third-order valence-electron chi connectivity index (χ3n) is 1.74. The highest BCUT2D eigenvalue weighted by molar-refractivity contribution is 9.10. The summed E-state index contributed by atoms with van der Waals surface area (Å²) in [6.45, 7) is -0.715. The van der Waals surface area contributed by atoms with Crippen LogP contribution in [0, 0.1) is 0 Å². The molecular formula is C10H10BrFO3. The van der Waals surface area contributed by atoms with Gasteiger partial charge in [0.25, 0.3) is 0 Å². The van der Waals surface area contributed by atoms with Crippen LogP contribution in [0.1, 0.15) is 6.42 Å². The first-order valence-electron chi connectivity index (χ1n) is 4.34. The molecule has 0 saturated carbocycles. The zero-order valence-corrected chi connectivity index (χ0v) is 9.41. The second kappa shape index (κ2) is 5.70. The van der Waals surface area contributed by atoms with Crippen molar-refractivity contribution < 1.29 is 19.0 Å². The van der Waals surface area contributed by atoms with Crippen LogP contribution in [0.3, 0.4) is 0 Å². The Labute approximate surface area is 95.0 Å². The molecule has 3 nitrogen and oxygen atoms in total. The Morgan fingerprint density at radius 1 is 1.47 bits per heavy atom. The topological polar surface area (TPSA) is 46.5 Å². The van der Waals surface area contributed by atoms with E-state index in [0.717, 1.165) is 4.47 Å². The maximum absolute atomic E-state index is 12.0. The van der Waals surface area contributed by atoms with Crippen LogP contribution in [0.5, 0.6) is 5.75 Å². The Kier molecular flexibility index (Phi) is 4.55. The van der Waals surface area contributed by atoms with Crippen LogP contribution in [-0.2, 0) is 4.79 Å². The van der Waals surface area contributed by atoms with E-state index in [-0.39, 0.29) is 6.42 Å². The fourth-order valence-corrected chi connectivity index (χ4v) is 1.27. The number of carboxylic acid groups (broad SMARTS) is 1. The quantitative estimate of drug-likeness (QED) is 0.900. The Balaban J connectivity index is 2.65. The standard InChI is InChI=1S/C10H10BrFO3/c11-7-1-3-8(4-2-7)15-9(5-6-12)10(13)14/h1-4,9H,5-6H2,(H,13,14). The van der Waals surface area contributed by atoms with E-state index in [1.165, 1.54) is 0 Å². The van der Waals surface area contributed by atoms with Crippen molar-refractivity contribution >= 4 is 21.9 Å². The summed E-state index contributed by atoms with van der Waals surface area (Å²) in [5, 5.41) is 8.72. The van der Waals surface area contributed by atoms with E-state index in [2.05, 4.69) is 15.9 Å². The largest absolute Gasteiger partial charge is 0.479 e. The van der Waals surface area contributed by atoms with Gasteiger partial charge in [0, 0.05) is 10.9 Å². The van der Waals surface area contributed by atoms with Crippen LogP contribution < -0.4 is 4.74 Å². The molecule has 1 aromatic carbocycles. The maximum atomic E-state index is 12.0. The molecule has 0 fully saturated rings. The van der Waals surface area contributed by atoms with Crippen molar-refractivity contribution in [3.05, 3.63) is 28.7 Å². The minimum atomic E-state index is -1.16. The Hall–Kier alpha value is -1.10. The average Bonchev–Trinajstić information content (AvgIpc) is 2.20. The summed E-state index contributed by atoms with van der Waals surface area (Å²) in [5.74, 6) is -0.741. The first-order chi connectivity index (χ1) is 7.13. The van der Waals surface area contributed by atoms with E-state index in [1.807, 2.05) is 0 Å². The minimum Gasteiger partial charge on any atom is -0.479 e. The van der Waals surface area contributed by atoms with Gasteiger partial charge in [-0.3, -0.25) is 4.39 Å². The SMILES string of the molecule is O=C(O)C(CCF)Oc1ccc(Br)cc1. The lowest BCUT2D eigenvalue weighted by atomic mass is 10.2. The number of rotatable bonds is 5. The normalized spacial score (nSPS) is 12.1. The second-order valence-corrected chi connectivity index (χ2v) is 3.79. The number of alkyl halides is 1. The summed E-state index contributed by atoms with van der Waals surface area (Å²) >= 11 is 3.24. The van der Waals surface area contributed by atoms with Gasteiger partial charge in [-0.25, -0.2) is 4.79 Å². The number of carboxylic acids is 1. The maximum Gasteiger partial charge on any atom is 0.344 e. The molecule has 1 N–H and O–H groups in total. The molecule has 0 aliphatic rings. The first kappa shape index (κ1) is 12.0. The van der Waals surface area contributed by atoms with E-state index in [1.54, 1.807) is 24.3 Å². The van der Waals surface area contributed by atoms with E-state index in [0.29, 0.717) is 5.75 Å². The number of halogens is 2. The molecule has 1 aromatic rings. The molecule has 0 radical (unpaired) electrons. The summed E-state index contributed by atoms with van der Waals surface area (Å²) < 4.78 is 18.0. The predicted molar refractivity (Wildman–Crippen MR) is 56.8 cm³/mol.